The predicted molar refractivity (Wildman–Crippen MR) is 70.7 cm³/mol. The summed E-state index contributed by atoms with van der Waals surface area (Å²) >= 11 is 1.04. The lowest BCUT2D eigenvalue weighted by Gasteiger charge is -2.06. The Bertz CT molecular complexity index is 773. The van der Waals surface area contributed by atoms with Crippen molar-refractivity contribution in [2.24, 2.45) is 0 Å². The van der Waals surface area contributed by atoms with Gasteiger partial charge in [-0.25, -0.2) is 17.8 Å². The van der Waals surface area contributed by atoms with E-state index in [1.165, 1.54) is 6.20 Å². The van der Waals surface area contributed by atoms with E-state index in [2.05, 4.69) is 4.98 Å². The first-order valence-corrected chi connectivity index (χ1v) is 7.49. The molecule has 2 aromatic rings. The molecule has 106 valence electrons. The van der Waals surface area contributed by atoms with Gasteiger partial charge in [-0.2, -0.15) is 0 Å². The fourth-order valence-electron chi connectivity index (χ4n) is 1.48. The molecule has 1 N–H and O–H groups in total. The van der Waals surface area contributed by atoms with E-state index in [1.54, 1.807) is 6.92 Å². The highest BCUT2D eigenvalue weighted by atomic mass is 32.2. The van der Waals surface area contributed by atoms with Gasteiger partial charge in [-0.15, -0.1) is 11.3 Å². The van der Waals surface area contributed by atoms with Crippen molar-refractivity contribution in [1.82, 2.24) is 4.98 Å². The normalized spacial score (nSPS) is 11.3. The molecular formula is C10H8FN3O4S2. The molecule has 0 atom stereocenters. The Morgan fingerprint density at radius 2 is 2.15 bits per heavy atom. The molecule has 0 aliphatic rings. The number of nitrogens with zero attached hydrogens (tertiary/aromatic N) is 2. The van der Waals surface area contributed by atoms with Crippen LogP contribution < -0.4 is 4.72 Å². The first kappa shape index (κ1) is 14.3. The number of anilines is 1. The summed E-state index contributed by atoms with van der Waals surface area (Å²) < 4.78 is 39.8. The van der Waals surface area contributed by atoms with Crippen LogP contribution in [0.25, 0.3) is 0 Å². The van der Waals surface area contributed by atoms with Crippen LogP contribution in [0, 0.1) is 22.9 Å². The second-order valence-corrected chi connectivity index (χ2v) is 6.58. The molecule has 0 saturated heterocycles. The average Bonchev–Trinajstić information content (AvgIpc) is 2.73. The third-order valence-electron chi connectivity index (χ3n) is 2.25. The van der Waals surface area contributed by atoms with Gasteiger partial charge in [-0.1, -0.05) is 6.07 Å². The number of hydrogen-bond donors (Lipinski definition) is 1. The van der Waals surface area contributed by atoms with Crippen molar-refractivity contribution < 1.29 is 17.7 Å². The lowest BCUT2D eigenvalue weighted by atomic mass is 10.3. The Hall–Kier alpha value is -2.07. The Morgan fingerprint density at radius 3 is 2.70 bits per heavy atom. The van der Waals surface area contributed by atoms with E-state index in [-0.39, 0.29) is 5.13 Å². The Morgan fingerprint density at radius 1 is 1.45 bits per heavy atom. The van der Waals surface area contributed by atoms with E-state index in [4.69, 9.17) is 0 Å². The monoisotopic (exact) mass is 317 g/mol. The van der Waals surface area contributed by atoms with E-state index in [9.17, 15) is 22.9 Å². The lowest BCUT2D eigenvalue weighted by Crippen LogP contribution is -2.16. The van der Waals surface area contributed by atoms with E-state index >= 15 is 0 Å². The number of nitrogens with one attached hydrogen (secondary N) is 1. The van der Waals surface area contributed by atoms with E-state index < -0.39 is 31.3 Å². The van der Waals surface area contributed by atoms with E-state index in [1.807, 2.05) is 4.72 Å². The first-order valence-electron chi connectivity index (χ1n) is 5.19. The summed E-state index contributed by atoms with van der Waals surface area (Å²) in [7, 11) is -4.43. The van der Waals surface area contributed by atoms with Crippen LogP contribution >= 0.6 is 11.3 Å². The Kier molecular flexibility index (Phi) is 3.68. The summed E-state index contributed by atoms with van der Waals surface area (Å²) in [6.45, 7) is 1.71. The SMILES string of the molecule is Cc1cnc(NS(=O)(=O)c2c(F)cccc2[N+](=O)[O-])s1. The fraction of sp³-hybridized carbons (Fsp3) is 0.100. The van der Waals surface area contributed by atoms with Gasteiger partial charge in [0.1, 0.15) is 0 Å². The molecule has 0 unspecified atom stereocenters. The fourth-order valence-corrected chi connectivity index (χ4v) is 3.61. The number of sulfonamides is 1. The molecule has 0 amide bonds. The number of thiazole rings is 1. The van der Waals surface area contributed by atoms with Crippen LogP contribution in [0.3, 0.4) is 0 Å². The number of halogens is 1. The summed E-state index contributed by atoms with van der Waals surface area (Å²) in [4.78, 5) is 13.4. The quantitative estimate of drug-likeness (QED) is 0.688. The number of rotatable bonds is 4. The standard InChI is InChI=1S/C10H8FN3O4S2/c1-6-5-12-10(19-6)13-20(17,18)9-7(11)3-2-4-8(9)14(15)16/h2-5H,1H3,(H,12,13). The maximum atomic E-state index is 13.7. The molecule has 0 saturated carbocycles. The third-order valence-corrected chi connectivity index (χ3v) is 4.62. The number of aryl methyl sites for hydroxylation is 1. The highest BCUT2D eigenvalue weighted by Gasteiger charge is 2.30. The van der Waals surface area contributed by atoms with E-state index in [0.717, 1.165) is 34.4 Å². The number of nitro groups is 1. The molecule has 1 heterocycles. The molecule has 1 aromatic carbocycles. The van der Waals surface area contributed by atoms with Gasteiger partial charge in [0.2, 0.25) is 4.90 Å². The van der Waals surface area contributed by atoms with Gasteiger partial charge in [0.15, 0.2) is 10.9 Å². The van der Waals surface area contributed by atoms with Gasteiger partial charge in [-0.05, 0) is 13.0 Å². The van der Waals surface area contributed by atoms with Gasteiger partial charge in [0.25, 0.3) is 15.7 Å². The molecule has 7 nitrogen and oxygen atoms in total. The second-order valence-electron chi connectivity index (χ2n) is 3.73. The van der Waals surface area contributed by atoms with Crippen molar-refractivity contribution in [3.05, 3.63) is 45.2 Å². The molecule has 0 fully saturated rings. The average molecular weight is 317 g/mol. The first-order chi connectivity index (χ1) is 9.31. The van der Waals surface area contributed by atoms with Crippen LogP contribution in [-0.4, -0.2) is 18.3 Å². The topological polar surface area (TPSA) is 102 Å². The molecule has 2 rings (SSSR count). The Balaban J connectivity index is 2.52. The summed E-state index contributed by atoms with van der Waals surface area (Å²) in [5.41, 5.74) is -0.828. The van der Waals surface area contributed by atoms with Crippen LogP contribution in [0.4, 0.5) is 15.2 Å². The second kappa shape index (κ2) is 5.13. The van der Waals surface area contributed by atoms with Crippen molar-refractivity contribution in [3.63, 3.8) is 0 Å². The largest absolute Gasteiger partial charge is 0.292 e. The zero-order valence-electron chi connectivity index (χ0n) is 10.0. The molecule has 0 aliphatic heterocycles. The van der Waals surface area contributed by atoms with E-state index in [0.29, 0.717) is 0 Å². The van der Waals surface area contributed by atoms with Gasteiger partial charge in [0.05, 0.1) is 4.92 Å². The number of aromatic nitrogens is 1. The van der Waals surface area contributed by atoms with Crippen LogP contribution in [-0.2, 0) is 10.0 Å². The molecule has 1 aromatic heterocycles. The summed E-state index contributed by atoms with van der Waals surface area (Å²) in [6, 6.07) is 2.83. The zero-order valence-corrected chi connectivity index (χ0v) is 11.7. The Labute approximate surface area is 117 Å². The predicted octanol–water partition coefficient (Wildman–Crippen LogP) is 2.30. The number of hydrogen-bond acceptors (Lipinski definition) is 6. The lowest BCUT2D eigenvalue weighted by molar-refractivity contribution is -0.388. The highest BCUT2D eigenvalue weighted by Crippen LogP contribution is 2.29. The van der Waals surface area contributed by atoms with Crippen LogP contribution in [0.5, 0.6) is 0 Å². The minimum Gasteiger partial charge on any atom is -0.258 e. The van der Waals surface area contributed by atoms with Gasteiger partial charge >= 0.3 is 0 Å². The van der Waals surface area contributed by atoms with Crippen LogP contribution in [0.2, 0.25) is 0 Å². The van der Waals surface area contributed by atoms with Crippen LogP contribution in [0.1, 0.15) is 4.88 Å². The van der Waals surface area contributed by atoms with Crippen molar-refractivity contribution in [1.29, 1.82) is 0 Å². The molecular weight excluding hydrogens is 309 g/mol. The molecule has 0 spiro atoms. The van der Waals surface area contributed by atoms with Gasteiger partial charge < -0.3 is 0 Å². The number of benzene rings is 1. The smallest absolute Gasteiger partial charge is 0.258 e. The summed E-state index contributed by atoms with van der Waals surface area (Å²) in [5.74, 6) is -1.19. The van der Waals surface area contributed by atoms with Crippen molar-refractivity contribution in [2.45, 2.75) is 11.8 Å². The summed E-state index contributed by atoms with van der Waals surface area (Å²) in [5, 5.41) is 10.8. The van der Waals surface area contributed by atoms with Crippen LogP contribution in [0.15, 0.2) is 29.3 Å². The molecule has 0 bridgehead atoms. The van der Waals surface area contributed by atoms with Gasteiger partial charge in [-0.3, -0.25) is 14.8 Å². The molecule has 0 radical (unpaired) electrons. The maximum absolute atomic E-state index is 13.7. The molecule has 20 heavy (non-hydrogen) atoms. The third kappa shape index (κ3) is 2.75. The molecule has 0 aliphatic carbocycles. The van der Waals surface area contributed by atoms with Crippen molar-refractivity contribution >= 4 is 32.2 Å². The van der Waals surface area contributed by atoms with Crippen molar-refractivity contribution in [3.8, 4) is 0 Å². The highest BCUT2D eigenvalue weighted by molar-refractivity contribution is 7.93. The summed E-state index contributed by atoms with van der Waals surface area (Å²) in [6.07, 6.45) is 1.43. The number of nitro benzene ring substituents is 1. The maximum Gasteiger partial charge on any atom is 0.292 e. The minimum absolute atomic E-state index is 0.0139. The molecule has 10 heteroatoms. The minimum atomic E-state index is -4.43. The van der Waals surface area contributed by atoms with Gasteiger partial charge in [0, 0.05) is 17.1 Å². The zero-order chi connectivity index (χ0) is 14.9. The van der Waals surface area contributed by atoms with Crippen molar-refractivity contribution in [2.75, 3.05) is 4.72 Å².